The highest BCUT2D eigenvalue weighted by Gasteiger charge is 2.34. The Labute approximate surface area is 141 Å². The normalized spacial score (nSPS) is 18.0. The molecule has 0 atom stereocenters. The van der Waals surface area contributed by atoms with Gasteiger partial charge in [0, 0.05) is 44.7 Å². The van der Waals surface area contributed by atoms with E-state index in [2.05, 4.69) is 15.0 Å². The van der Waals surface area contributed by atoms with Crippen molar-refractivity contribution in [3.8, 4) is 5.88 Å². The topological polar surface area (TPSA) is 54.5 Å². The summed E-state index contributed by atoms with van der Waals surface area (Å²) in [5.41, 5.74) is 0.519. The first kappa shape index (κ1) is 19.4. The number of pyridine rings is 1. The minimum atomic E-state index is -4.46. The molecule has 1 saturated heterocycles. The van der Waals surface area contributed by atoms with Gasteiger partial charge in [-0.2, -0.15) is 13.2 Å². The molecule has 1 aromatic heterocycles. The monoisotopic (exact) mass is 367 g/mol. The third kappa shape index (κ3) is 7.20. The number of halogens is 5. The number of hydrogen-bond acceptors (Lipinski definition) is 4. The van der Waals surface area contributed by atoms with Gasteiger partial charge in [-0.25, -0.2) is 13.8 Å². The van der Waals surface area contributed by atoms with Crippen LogP contribution < -0.4 is 10.1 Å². The van der Waals surface area contributed by atoms with Crippen LogP contribution in [0, 0.1) is 0 Å². The number of alkyl halides is 5. The molecule has 2 rings (SSSR count). The molecule has 0 radical (unpaired) electrons. The Morgan fingerprint density at radius 1 is 1.32 bits per heavy atom. The minimum Gasteiger partial charge on any atom is -0.468 e. The van der Waals surface area contributed by atoms with E-state index in [-0.39, 0.29) is 50.8 Å². The summed E-state index contributed by atoms with van der Waals surface area (Å²) in [5, 5.41) is 2.59. The van der Waals surface area contributed by atoms with Crippen LogP contribution in [-0.4, -0.2) is 54.1 Å². The lowest BCUT2D eigenvalue weighted by atomic mass is 10.1. The van der Waals surface area contributed by atoms with E-state index in [0.717, 1.165) is 0 Å². The van der Waals surface area contributed by atoms with Gasteiger partial charge in [0.05, 0.1) is 6.54 Å². The van der Waals surface area contributed by atoms with Crippen molar-refractivity contribution in [2.45, 2.75) is 31.5 Å². The maximum atomic E-state index is 13.0. The zero-order valence-corrected chi connectivity index (χ0v) is 13.3. The predicted octanol–water partition coefficient (Wildman–Crippen LogP) is 2.37. The molecule has 0 unspecified atom stereocenters. The third-order valence-corrected chi connectivity index (χ3v) is 3.63. The first-order chi connectivity index (χ1) is 11.6. The molecule has 0 aromatic carbocycles. The van der Waals surface area contributed by atoms with Gasteiger partial charge in [0.2, 0.25) is 11.8 Å². The summed E-state index contributed by atoms with van der Waals surface area (Å²) in [4.78, 5) is 17.2. The van der Waals surface area contributed by atoms with Crippen LogP contribution in [-0.2, 0) is 11.3 Å². The first-order valence-electron chi connectivity index (χ1n) is 7.64. The number of ether oxygens (including phenoxy) is 1. The second kappa shape index (κ2) is 7.94. The predicted molar refractivity (Wildman–Crippen MR) is 78.3 cm³/mol. The van der Waals surface area contributed by atoms with Gasteiger partial charge in [-0.1, -0.05) is 0 Å². The molecule has 25 heavy (non-hydrogen) atoms. The third-order valence-electron chi connectivity index (χ3n) is 3.63. The molecular formula is C15H18F5N3O2. The molecule has 10 heteroatoms. The van der Waals surface area contributed by atoms with E-state index in [9.17, 15) is 26.7 Å². The number of hydrogen-bond donors (Lipinski definition) is 1. The summed E-state index contributed by atoms with van der Waals surface area (Å²) < 4.78 is 66.9. The summed E-state index contributed by atoms with van der Waals surface area (Å²) in [6.45, 7) is -1.09. The van der Waals surface area contributed by atoms with Crippen molar-refractivity contribution in [3.63, 3.8) is 0 Å². The van der Waals surface area contributed by atoms with Gasteiger partial charge in [0.1, 0.15) is 0 Å². The number of nitrogens with zero attached hydrogens (tertiary/aromatic N) is 2. The molecule has 2 heterocycles. The summed E-state index contributed by atoms with van der Waals surface area (Å²) in [7, 11) is 0. The number of amides is 1. The van der Waals surface area contributed by atoms with Crippen LogP contribution in [0.2, 0.25) is 0 Å². The maximum absolute atomic E-state index is 13.0. The molecule has 0 spiro atoms. The molecular weight excluding hydrogens is 349 g/mol. The molecule has 140 valence electrons. The SMILES string of the molecule is O=C(CN1CCC(F)(F)CC1)NCc1ccnc(OCC(F)(F)F)c1. The smallest absolute Gasteiger partial charge is 0.422 e. The zero-order chi connectivity index (χ0) is 18.5. The quantitative estimate of drug-likeness (QED) is 0.785. The molecule has 1 aromatic rings. The van der Waals surface area contributed by atoms with Gasteiger partial charge in [0.15, 0.2) is 6.61 Å². The summed E-state index contributed by atoms with van der Waals surface area (Å²) in [5.74, 6) is -3.21. The van der Waals surface area contributed by atoms with Crippen molar-refractivity contribution in [2.75, 3.05) is 26.2 Å². The van der Waals surface area contributed by atoms with Crippen molar-refractivity contribution in [3.05, 3.63) is 23.9 Å². The fraction of sp³-hybridized carbons (Fsp3) is 0.600. The largest absolute Gasteiger partial charge is 0.468 e. The summed E-state index contributed by atoms with van der Waals surface area (Å²) in [6, 6.07) is 2.83. The molecule has 5 nitrogen and oxygen atoms in total. The van der Waals surface area contributed by atoms with E-state index in [0.29, 0.717) is 5.56 Å². The number of nitrogens with one attached hydrogen (secondary N) is 1. The van der Waals surface area contributed by atoms with Crippen molar-refractivity contribution >= 4 is 5.91 Å². The second-order valence-corrected chi connectivity index (χ2v) is 5.82. The lowest BCUT2D eigenvalue weighted by Gasteiger charge is -2.31. The van der Waals surface area contributed by atoms with Gasteiger partial charge in [-0.3, -0.25) is 9.69 Å². The standard InChI is InChI=1S/C15H18F5N3O2/c16-14(17)2-5-23(6-3-14)9-12(24)22-8-11-1-4-21-13(7-11)25-10-15(18,19)20/h1,4,7H,2-3,5-6,8-10H2,(H,22,24). The molecule has 1 fully saturated rings. The average Bonchev–Trinajstić information content (AvgIpc) is 2.53. The highest BCUT2D eigenvalue weighted by molar-refractivity contribution is 5.78. The van der Waals surface area contributed by atoms with Gasteiger partial charge in [-0.15, -0.1) is 0 Å². The lowest BCUT2D eigenvalue weighted by Crippen LogP contribution is -2.44. The second-order valence-electron chi connectivity index (χ2n) is 5.82. The lowest BCUT2D eigenvalue weighted by molar-refractivity contribution is -0.154. The molecule has 1 aliphatic rings. The van der Waals surface area contributed by atoms with Crippen LogP contribution >= 0.6 is 0 Å². The van der Waals surface area contributed by atoms with Crippen LogP contribution in [0.4, 0.5) is 22.0 Å². The van der Waals surface area contributed by atoms with E-state index in [4.69, 9.17) is 0 Å². The average molecular weight is 367 g/mol. The number of carbonyl (C=O) groups excluding carboxylic acids is 1. The van der Waals surface area contributed by atoms with Crippen molar-refractivity contribution < 1.29 is 31.5 Å². The van der Waals surface area contributed by atoms with Crippen molar-refractivity contribution in [2.24, 2.45) is 0 Å². The fourth-order valence-corrected chi connectivity index (χ4v) is 2.29. The summed E-state index contributed by atoms with van der Waals surface area (Å²) in [6.07, 6.45) is -3.73. The van der Waals surface area contributed by atoms with Gasteiger partial charge in [0.25, 0.3) is 5.92 Å². The Morgan fingerprint density at radius 2 is 2.00 bits per heavy atom. The summed E-state index contributed by atoms with van der Waals surface area (Å²) >= 11 is 0. The first-order valence-corrected chi connectivity index (χ1v) is 7.64. The number of aromatic nitrogens is 1. The molecule has 0 aliphatic carbocycles. The molecule has 1 aliphatic heterocycles. The van der Waals surface area contributed by atoms with E-state index >= 15 is 0 Å². The van der Waals surface area contributed by atoms with E-state index in [1.807, 2.05) is 0 Å². The minimum absolute atomic E-state index is 0.00139. The van der Waals surface area contributed by atoms with Crippen LogP contribution in [0.1, 0.15) is 18.4 Å². The number of rotatable bonds is 6. The number of piperidine rings is 1. The van der Waals surface area contributed by atoms with Gasteiger partial charge < -0.3 is 10.1 Å². The van der Waals surface area contributed by atoms with Crippen LogP contribution in [0.3, 0.4) is 0 Å². The fourth-order valence-electron chi connectivity index (χ4n) is 2.29. The van der Waals surface area contributed by atoms with Crippen LogP contribution in [0.25, 0.3) is 0 Å². The highest BCUT2D eigenvalue weighted by atomic mass is 19.4. The highest BCUT2D eigenvalue weighted by Crippen LogP contribution is 2.27. The van der Waals surface area contributed by atoms with E-state index < -0.39 is 18.7 Å². The van der Waals surface area contributed by atoms with Crippen molar-refractivity contribution in [1.82, 2.24) is 15.2 Å². The maximum Gasteiger partial charge on any atom is 0.422 e. The molecule has 0 bridgehead atoms. The Balaban J connectivity index is 1.76. The Bertz CT molecular complexity index is 585. The Hall–Kier alpha value is -1.97. The van der Waals surface area contributed by atoms with Crippen LogP contribution in [0.15, 0.2) is 18.3 Å². The molecule has 0 saturated carbocycles. The molecule has 1 N–H and O–H groups in total. The van der Waals surface area contributed by atoms with Crippen molar-refractivity contribution in [1.29, 1.82) is 0 Å². The number of carbonyl (C=O) groups is 1. The van der Waals surface area contributed by atoms with E-state index in [1.165, 1.54) is 18.3 Å². The zero-order valence-electron chi connectivity index (χ0n) is 13.3. The van der Waals surface area contributed by atoms with Gasteiger partial charge >= 0.3 is 6.18 Å². The molecule has 1 amide bonds. The Morgan fingerprint density at radius 3 is 2.64 bits per heavy atom. The van der Waals surface area contributed by atoms with Gasteiger partial charge in [-0.05, 0) is 11.6 Å². The van der Waals surface area contributed by atoms with Crippen LogP contribution in [0.5, 0.6) is 5.88 Å². The van der Waals surface area contributed by atoms with E-state index in [1.54, 1.807) is 4.90 Å². The number of likely N-dealkylation sites (tertiary alicyclic amines) is 1. The Kier molecular flexibility index (Phi) is 6.15.